The van der Waals surface area contributed by atoms with Gasteiger partial charge in [0.2, 0.25) is 0 Å². The zero-order chi connectivity index (χ0) is 14.5. The number of benzene rings is 2. The second-order valence-electron chi connectivity index (χ2n) is 4.89. The second kappa shape index (κ2) is 7.39. The molecule has 0 aliphatic rings. The highest BCUT2D eigenvalue weighted by Gasteiger charge is 2.10. The molecule has 0 heterocycles. The molecule has 0 amide bonds. The molecule has 0 radical (unpaired) electrons. The summed E-state index contributed by atoms with van der Waals surface area (Å²) in [5, 5.41) is 3.60. The summed E-state index contributed by atoms with van der Waals surface area (Å²) in [6.07, 6.45) is 1.08. The molecule has 1 N–H and O–H groups in total. The maximum atomic E-state index is 3.63. The molecule has 0 bridgehead atoms. The van der Waals surface area contributed by atoms with E-state index in [4.69, 9.17) is 0 Å². The number of halogens is 2. The van der Waals surface area contributed by atoms with Crippen LogP contribution in [0.5, 0.6) is 0 Å². The molecule has 1 atom stereocenters. The van der Waals surface area contributed by atoms with Gasteiger partial charge >= 0.3 is 0 Å². The Labute approximate surface area is 138 Å². The first-order valence-electron chi connectivity index (χ1n) is 6.87. The van der Waals surface area contributed by atoms with Crippen LogP contribution >= 0.6 is 31.9 Å². The van der Waals surface area contributed by atoms with Crippen LogP contribution in [0.2, 0.25) is 0 Å². The molecule has 2 rings (SSSR count). The van der Waals surface area contributed by atoms with Gasteiger partial charge in [-0.2, -0.15) is 0 Å². The molecule has 0 aliphatic heterocycles. The average molecular weight is 397 g/mol. The molecule has 20 heavy (non-hydrogen) atoms. The van der Waals surface area contributed by atoms with E-state index in [2.05, 4.69) is 93.5 Å². The van der Waals surface area contributed by atoms with E-state index in [0.29, 0.717) is 6.04 Å². The molecule has 0 aliphatic carbocycles. The third kappa shape index (κ3) is 3.94. The van der Waals surface area contributed by atoms with E-state index < -0.39 is 0 Å². The van der Waals surface area contributed by atoms with Crippen LogP contribution in [0, 0.1) is 0 Å². The first-order valence-corrected chi connectivity index (χ1v) is 8.45. The third-order valence-corrected chi connectivity index (χ3v) is 4.71. The fourth-order valence-electron chi connectivity index (χ4n) is 2.30. The lowest BCUT2D eigenvalue weighted by Crippen LogP contribution is -2.19. The summed E-state index contributed by atoms with van der Waals surface area (Å²) in [6, 6.07) is 15.3. The van der Waals surface area contributed by atoms with Crippen molar-refractivity contribution in [3.8, 4) is 0 Å². The summed E-state index contributed by atoms with van der Waals surface area (Å²) < 4.78 is 2.23. The van der Waals surface area contributed by atoms with Gasteiger partial charge in [-0.1, -0.05) is 69.1 Å². The summed E-state index contributed by atoms with van der Waals surface area (Å²) in [6.45, 7) is 5.30. The molecule has 0 saturated heterocycles. The Morgan fingerprint density at radius 3 is 2.40 bits per heavy atom. The SMILES string of the molecule is CCc1ccccc1CNC(C)c1ccc(Br)cc1Br. The van der Waals surface area contributed by atoms with Gasteiger partial charge in [-0.15, -0.1) is 0 Å². The quantitative estimate of drug-likeness (QED) is 0.690. The molecule has 0 fully saturated rings. The van der Waals surface area contributed by atoms with Crippen molar-refractivity contribution in [3.63, 3.8) is 0 Å². The summed E-state index contributed by atoms with van der Waals surface area (Å²) in [4.78, 5) is 0. The lowest BCUT2D eigenvalue weighted by molar-refractivity contribution is 0.570. The van der Waals surface area contributed by atoms with Crippen LogP contribution in [0.15, 0.2) is 51.4 Å². The largest absolute Gasteiger partial charge is 0.306 e. The summed E-state index contributed by atoms with van der Waals surface area (Å²) in [5.74, 6) is 0. The van der Waals surface area contributed by atoms with Crippen molar-refractivity contribution in [1.29, 1.82) is 0 Å². The first-order chi connectivity index (χ1) is 9.61. The number of hydrogen-bond acceptors (Lipinski definition) is 1. The normalized spacial score (nSPS) is 12.4. The van der Waals surface area contributed by atoms with Crippen molar-refractivity contribution in [2.45, 2.75) is 32.9 Å². The lowest BCUT2D eigenvalue weighted by Gasteiger charge is -2.17. The zero-order valence-corrected chi connectivity index (χ0v) is 15.0. The maximum absolute atomic E-state index is 3.63. The van der Waals surface area contributed by atoms with Crippen LogP contribution in [0.4, 0.5) is 0 Å². The van der Waals surface area contributed by atoms with Crippen LogP contribution in [0.3, 0.4) is 0 Å². The summed E-state index contributed by atoms with van der Waals surface area (Å²) in [5.41, 5.74) is 4.08. The van der Waals surface area contributed by atoms with E-state index in [0.717, 1.165) is 21.9 Å². The van der Waals surface area contributed by atoms with Crippen LogP contribution in [0.1, 0.15) is 36.6 Å². The average Bonchev–Trinajstić information content (AvgIpc) is 2.45. The fourth-order valence-corrected chi connectivity index (χ4v) is 3.69. The van der Waals surface area contributed by atoms with Crippen LogP contribution in [0.25, 0.3) is 0 Å². The molecular weight excluding hydrogens is 378 g/mol. The summed E-state index contributed by atoms with van der Waals surface area (Å²) in [7, 11) is 0. The standard InChI is InChI=1S/C17H19Br2N/c1-3-13-6-4-5-7-14(13)11-20-12(2)16-9-8-15(18)10-17(16)19/h4-10,12,20H,3,11H2,1-2H3. The topological polar surface area (TPSA) is 12.0 Å². The van der Waals surface area contributed by atoms with Gasteiger partial charge in [-0.25, -0.2) is 0 Å². The first kappa shape index (κ1) is 15.7. The Morgan fingerprint density at radius 1 is 1.05 bits per heavy atom. The van der Waals surface area contributed by atoms with Gasteiger partial charge in [0.25, 0.3) is 0 Å². The van der Waals surface area contributed by atoms with E-state index in [-0.39, 0.29) is 0 Å². The van der Waals surface area contributed by atoms with Crippen LogP contribution in [-0.4, -0.2) is 0 Å². The van der Waals surface area contributed by atoms with Crippen molar-refractivity contribution in [1.82, 2.24) is 5.32 Å². The Hall–Kier alpha value is -0.640. The predicted octanol–water partition coefficient (Wildman–Crippen LogP) is 5.62. The molecule has 1 unspecified atom stereocenters. The minimum Gasteiger partial charge on any atom is -0.306 e. The molecule has 0 saturated carbocycles. The van der Waals surface area contributed by atoms with E-state index in [1.54, 1.807) is 0 Å². The van der Waals surface area contributed by atoms with Gasteiger partial charge in [0, 0.05) is 21.5 Å². The minimum absolute atomic E-state index is 0.308. The zero-order valence-electron chi connectivity index (χ0n) is 11.8. The number of nitrogens with one attached hydrogen (secondary N) is 1. The molecule has 106 valence electrons. The summed E-state index contributed by atoms with van der Waals surface area (Å²) >= 11 is 7.12. The van der Waals surface area contributed by atoms with Crippen molar-refractivity contribution < 1.29 is 0 Å². The van der Waals surface area contributed by atoms with E-state index in [9.17, 15) is 0 Å². The molecule has 3 heteroatoms. The molecule has 2 aromatic rings. The van der Waals surface area contributed by atoms with E-state index >= 15 is 0 Å². The Balaban J connectivity index is 2.06. The number of rotatable bonds is 5. The predicted molar refractivity (Wildman–Crippen MR) is 92.9 cm³/mol. The molecule has 1 nitrogen and oxygen atoms in total. The Morgan fingerprint density at radius 2 is 1.75 bits per heavy atom. The van der Waals surface area contributed by atoms with Crippen molar-refractivity contribution in [2.24, 2.45) is 0 Å². The number of hydrogen-bond donors (Lipinski definition) is 1. The van der Waals surface area contributed by atoms with Gasteiger partial charge in [-0.05, 0) is 42.2 Å². The minimum atomic E-state index is 0.308. The van der Waals surface area contributed by atoms with E-state index in [1.165, 1.54) is 16.7 Å². The van der Waals surface area contributed by atoms with Gasteiger partial charge in [0.1, 0.15) is 0 Å². The Bertz CT molecular complexity index is 581. The molecule has 2 aromatic carbocycles. The smallest absolute Gasteiger partial charge is 0.0306 e. The van der Waals surface area contributed by atoms with Crippen LogP contribution < -0.4 is 5.32 Å². The van der Waals surface area contributed by atoms with Gasteiger partial charge in [0.05, 0.1) is 0 Å². The van der Waals surface area contributed by atoms with Crippen LogP contribution in [-0.2, 0) is 13.0 Å². The highest BCUT2D eigenvalue weighted by molar-refractivity contribution is 9.11. The van der Waals surface area contributed by atoms with Gasteiger partial charge in [0.15, 0.2) is 0 Å². The highest BCUT2D eigenvalue weighted by atomic mass is 79.9. The molecule has 0 aromatic heterocycles. The lowest BCUT2D eigenvalue weighted by atomic mass is 10.0. The third-order valence-electron chi connectivity index (χ3n) is 3.53. The van der Waals surface area contributed by atoms with Crippen molar-refractivity contribution in [3.05, 3.63) is 68.1 Å². The molecule has 0 spiro atoms. The monoisotopic (exact) mass is 395 g/mol. The highest BCUT2D eigenvalue weighted by Crippen LogP contribution is 2.27. The van der Waals surface area contributed by atoms with Crippen molar-refractivity contribution >= 4 is 31.9 Å². The maximum Gasteiger partial charge on any atom is 0.0306 e. The van der Waals surface area contributed by atoms with Gasteiger partial charge < -0.3 is 5.32 Å². The fraction of sp³-hybridized carbons (Fsp3) is 0.294. The molecular formula is C17H19Br2N. The van der Waals surface area contributed by atoms with Gasteiger partial charge in [-0.3, -0.25) is 0 Å². The number of aryl methyl sites for hydroxylation is 1. The Kier molecular flexibility index (Phi) is 5.82. The van der Waals surface area contributed by atoms with E-state index in [1.807, 2.05) is 0 Å². The van der Waals surface area contributed by atoms with Crippen molar-refractivity contribution in [2.75, 3.05) is 0 Å². The second-order valence-corrected chi connectivity index (χ2v) is 6.66.